The molecule has 0 radical (unpaired) electrons. The Morgan fingerprint density at radius 3 is 2.20 bits per heavy atom. The first-order valence-electron chi connectivity index (χ1n) is 7.71. The van der Waals surface area contributed by atoms with E-state index in [1.54, 1.807) is 5.56 Å². The summed E-state index contributed by atoms with van der Waals surface area (Å²) in [5, 5.41) is 2.77. The average Bonchev–Trinajstić information content (AvgIpc) is 2.90. The number of allylic oxidation sites excluding steroid dienone is 1. The summed E-state index contributed by atoms with van der Waals surface area (Å²) in [7, 11) is 0. The topological polar surface area (TPSA) is 0 Å². The molecule has 0 aliphatic heterocycles. The number of benzene rings is 2. The summed E-state index contributed by atoms with van der Waals surface area (Å²) in [6, 6.07) is 19.9. The Bertz CT molecular complexity index is 609. The van der Waals surface area contributed by atoms with Crippen LogP contribution < -0.4 is 0 Å². The molecule has 0 aromatic heterocycles. The van der Waals surface area contributed by atoms with Gasteiger partial charge in [0.2, 0.25) is 0 Å². The van der Waals surface area contributed by atoms with Gasteiger partial charge >= 0.3 is 0 Å². The third kappa shape index (κ3) is 2.37. The van der Waals surface area contributed by atoms with Crippen LogP contribution in [0.4, 0.5) is 0 Å². The maximum atomic E-state index is 2.56. The van der Waals surface area contributed by atoms with Crippen molar-refractivity contribution in [3.63, 3.8) is 0 Å². The summed E-state index contributed by atoms with van der Waals surface area (Å²) in [6.07, 6.45) is 2.56. The molecule has 3 rings (SSSR count). The minimum Gasteiger partial charge on any atom is -0.0961 e. The molecule has 100 valence electrons. The Hall–Kier alpha value is -1.29. The smallest absolute Gasteiger partial charge is 0.0961 e. The van der Waals surface area contributed by atoms with Crippen LogP contribution in [-0.2, 0) is 0 Å². The van der Waals surface area contributed by atoms with Gasteiger partial charge in [0, 0.05) is 0 Å². The van der Waals surface area contributed by atoms with Crippen LogP contribution in [0.25, 0.3) is 5.57 Å². The lowest BCUT2D eigenvalue weighted by atomic mass is 9.99. The van der Waals surface area contributed by atoms with E-state index in [1.165, 1.54) is 27.3 Å². The minimum atomic E-state index is -0.720. The zero-order chi connectivity index (χ0) is 13.9. The van der Waals surface area contributed by atoms with Crippen molar-refractivity contribution < 1.29 is 0 Å². The molecule has 0 saturated carbocycles. The van der Waals surface area contributed by atoms with Crippen LogP contribution in [0.1, 0.15) is 35.3 Å². The molecule has 2 aromatic carbocycles. The summed E-state index contributed by atoms with van der Waals surface area (Å²) >= 11 is -0.720. The van der Waals surface area contributed by atoms with E-state index in [0.717, 1.165) is 4.78 Å². The Morgan fingerprint density at radius 2 is 1.50 bits per heavy atom. The third-order valence-corrected chi connectivity index (χ3v) is 8.26. The largest absolute Gasteiger partial charge is 0.276 e. The maximum absolute atomic E-state index is 2.56. The van der Waals surface area contributed by atoms with E-state index in [-0.39, 0.29) is 0 Å². The molecule has 1 unspecified atom stereocenters. The van der Waals surface area contributed by atoms with Crippen LogP contribution in [-0.4, -0.2) is 14.1 Å². The molecule has 20 heavy (non-hydrogen) atoms. The molecule has 1 heteroatoms. The molecule has 0 N–H and O–H groups in total. The molecule has 0 fully saturated rings. The van der Waals surface area contributed by atoms with Crippen LogP contribution in [0.15, 0.2) is 60.7 Å². The molecular weight excluding hydrogens is 255 g/mol. The Balaban J connectivity index is 2.09. The predicted molar refractivity (Wildman–Crippen MR) is 89.4 cm³/mol. The van der Waals surface area contributed by atoms with E-state index in [0.29, 0.717) is 0 Å². The maximum Gasteiger partial charge on any atom is 0.276 e. The summed E-state index contributed by atoms with van der Waals surface area (Å²) in [5.41, 5.74) is 5.85. The first kappa shape index (κ1) is 13.7. The molecule has 0 nitrogen and oxygen atoms in total. The average molecular weight is 276 g/mol. The van der Waals surface area contributed by atoms with Gasteiger partial charge in [-0.05, 0) is 27.0 Å². The van der Waals surface area contributed by atoms with E-state index in [4.69, 9.17) is 0 Å². The summed E-state index contributed by atoms with van der Waals surface area (Å²) in [6.45, 7) is 4.74. The van der Waals surface area contributed by atoms with Gasteiger partial charge in [0.25, 0.3) is 14.1 Å². The lowest BCUT2D eigenvalue weighted by Crippen LogP contribution is -2.18. The monoisotopic (exact) mass is 276 g/mol. The van der Waals surface area contributed by atoms with Gasteiger partial charge in [0.05, 0.1) is 0 Å². The first-order chi connectivity index (χ1) is 9.85. The number of fused-ring (bicyclic) bond motifs is 1. The van der Waals surface area contributed by atoms with Crippen molar-refractivity contribution in [2.45, 2.75) is 29.2 Å². The van der Waals surface area contributed by atoms with Crippen molar-refractivity contribution in [1.82, 2.24) is 0 Å². The van der Waals surface area contributed by atoms with Gasteiger partial charge in [-0.3, -0.25) is 0 Å². The van der Waals surface area contributed by atoms with Gasteiger partial charge in [-0.2, -0.15) is 0 Å². The van der Waals surface area contributed by atoms with Gasteiger partial charge in [-0.25, -0.2) is 0 Å². The highest BCUT2D eigenvalue weighted by Gasteiger charge is 2.31. The fraction of sp³-hybridized carbons (Fsp3) is 0.263. The van der Waals surface area contributed by atoms with Crippen LogP contribution in [0.5, 0.6) is 0 Å². The highest BCUT2D eigenvalue weighted by atomic mass is 27.2. The second-order valence-corrected chi connectivity index (χ2v) is 9.51. The normalized spacial score (nSPS) is 16.7. The molecular formula is C19H21Al. The van der Waals surface area contributed by atoms with Crippen molar-refractivity contribution in [3.05, 3.63) is 77.4 Å². The van der Waals surface area contributed by atoms with Crippen LogP contribution >= 0.6 is 0 Å². The van der Waals surface area contributed by atoms with Crippen molar-refractivity contribution in [2.24, 2.45) is 0 Å². The van der Waals surface area contributed by atoms with Gasteiger partial charge in [-0.1, -0.05) is 85.1 Å². The summed E-state index contributed by atoms with van der Waals surface area (Å²) in [4.78, 5) is 0. The molecule has 0 bridgehead atoms. The predicted octanol–water partition coefficient (Wildman–Crippen LogP) is 5.29. The second-order valence-electron chi connectivity index (χ2n) is 5.64. The number of hydrogen-bond acceptors (Lipinski definition) is 0. The zero-order valence-corrected chi connectivity index (χ0v) is 13.5. The van der Waals surface area contributed by atoms with Gasteiger partial charge in [-0.15, -0.1) is 0 Å². The fourth-order valence-corrected chi connectivity index (χ4v) is 6.30. The zero-order valence-electron chi connectivity index (χ0n) is 12.3. The lowest BCUT2D eigenvalue weighted by Gasteiger charge is -2.15. The third-order valence-electron chi connectivity index (χ3n) is 4.60. The fourth-order valence-electron chi connectivity index (χ4n) is 3.45. The van der Waals surface area contributed by atoms with Crippen molar-refractivity contribution in [2.75, 3.05) is 0 Å². The molecule has 0 heterocycles. The minimum absolute atomic E-state index is 0.719. The van der Waals surface area contributed by atoms with Crippen LogP contribution in [0.2, 0.25) is 10.6 Å². The highest BCUT2D eigenvalue weighted by molar-refractivity contribution is 6.61. The van der Waals surface area contributed by atoms with E-state index >= 15 is 0 Å². The van der Waals surface area contributed by atoms with Crippen molar-refractivity contribution in [3.8, 4) is 0 Å². The Morgan fingerprint density at radius 1 is 0.850 bits per heavy atom. The Kier molecular flexibility index (Phi) is 4.11. The van der Waals surface area contributed by atoms with E-state index in [2.05, 4.69) is 74.5 Å². The van der Waals surface area contributed by atoms with Crippen LogP contribution in [0.3, 0.4) is 0 Å². The van der Waals surface area contributed by atoms with E-state index in [1.807, 2.05) is 0 Å². The molecule has 2 aromatic rings. The first-order valence-corrected chi connectivity index (χ1v) is 10.0. The lowest BCUT2D eigenvalue weighted by molar-refractivity contribution is 1.13. The summed E-state index contributed by atoms with van der Waals surface area (Å²) in [5.74, 6) is 0. The highest BCUT2D eigenvalue weighted by Crippen LogP contribution is 2.41. The standard InChI is InChI=1S/C15H11.2C2H5.Al/c1-2-6-12(7-3-1)15-11-10-13-8-4-5-9-14(13)15;2*1-2;/h1-11H;2*1H2,2H3;. The SMILES string of the molecule is C[CH2][Al]([CH2]C)[CH]1C=C(c2ccccc2)c2ccccc21. The van der Waals surface area contributed by atoms with E-state index < -0.39 is 14.1 Å². The molecule has 0 spiro atoms. The quantitative estimate of drug-likeness (QED) is 0.666. The molecule has 1 aliphatic rings. The second kappa shape index (κ2) is 6.00. The molecule has 0 saturated heterocycles. The van der Waals surface area contributed by atoms with Gasteiger partial charge in [0.1, 0.15) is 0 Å². The van der Waals surface area contributed by atoms with Crippen molar-refractivity contribution >= 4 is 19.7 Å². The van der Waals surface area contributed by atoms with Gasteiger partial charge in [0.15, 0.2) is 0 Å². The van der Waals surface area contributed by atoms with Crippen molar-refractivity contribution in [1.29, 1.82) is 0 Å². The number of rotatable bonds is 4. The number of hydrogen-bond donors (Lipinski definition) is 0. The van der Waals surface area contributed by atoms with E-state index in [9.17, 15) is 0 Å². The molecule has 1 atom stereocenters. The van der Waals surface area contributed by atoms with Crippen LogP contribution in [0, 0.1) is 0 Å². The summed E-state index contributed by atoms with van der Waals surface area (Å²) < 4.78 is 0.719. The molecule has 1 aliphatic carbocycles. The van der Waals surface area contributed by atoms with Gasteiger partial charge < -0.3 is 0 Å². The Labute approximate surface area is 126 Å². The molecule has 0 amide bonds.